The number of alkyl halides is 1. The summed E-state index contributed by atoms with van der Waals surface area (Å²) in [5.41, 5.74) is 6.40. The number of hydrogen-bond acceptors (Lipinski definition) is 3. The van der Waals surface area contributed by atoms with Gasteiger partial charge in [0, 0.05) is 13.1 Å². The first kappa shape index (κ1) is 13.1. The summed E-state index contributed by atoms with van der Waals surface area (Å²) in [6.45, 7) is 1.01. The van der Waals surface area contributed by atoms with E-state index >= 15 is 0 Å². The highest BCUT2D eigenvalue weighted by molar-refractivity contribution is 6.28. The number of nitrogens with two attached hydrogens (primary N) is 1. The molecule has 4 nitrogen and oxygen atoms in total. The van der Waals surface area contributed by atoms with Crippen LogP contribution in [0.5, 0.6) is 0 Å². The van der Waals surface area contributed by atoms with Gasteiger partial charge in [0.2, 0.25) is 0 Å². The summed E-state index contributed by atoms with van der Waals surface area (Å²) in [6, 6.07) is 4.63. The Balaban J connectivity index is 2.38. The second-order valence-corrected chi connectivity index (χ2v) is 4.50. The molecule has 1 heterocycles. The molecule has 98 valence electrons. The molecule has 0 spiro atoms. The van der Waals surface area contributed by atoms with Crippen molar-refractivity contribution in [3.8, 4) is 0 Å². The maximum atomic E-state index is 13.9. The normalized spacial score (nSPS) is 20.5. The number of hydrogen-bond donors (Lipinski definition) is 2. The number of benzene rings is 1. The molecule has 1 aliphatic rings. The lowest BCUT2D eigenvalue weighted by atomic mass is 10.2. The van der Waals surface area contributed by atoms with E-state index in [0.717, 1.165) is 0 Å². The molecule has 0 aliphatic carbocycles. The van der Waals surface area contributed by atoms with Crippen molar-refractivity contribution in [2.24, 2.45) is 10.7 Å². The third-order valence-electron chi connectivity index (χ3n) is 2.85. The molecule has 3 N–H and O–H groups in total. The number of anilines is 1. The van der Waals surface area contributed by atoms with E-state index in [-0.39, 0.29) is 17.5 Å². The highest BCUT2D eigenvalue weighted by Gasteiger charge is 2.24. The number of aliphatic hydroxyl groups excluding tert-OH is 1. The molecule has 1 aromatic rings. The van der Waals surface area contributed by atoms with E-state index in [2.05, 4.69) is 4.99 Å². The molecule has 0 radical (unpaired) electrons. The van der Waals surface area contributed by atoms with Gasteiger partial charge in [-0.1, -0.05) is 6.07 Å². The second-order valence-electron chi connectivity index (χ2n) is 4.23. The van der Waals surface area contributed by atoms with Gasteiger partial charge in [0.25, 0.3) is 0 Å². The average molecular weight is 272 g/mol. The molecule has 1 aromatic carbocycles. The summed E-state index contributed by atoms with van der Waals surface area (Å²) < 4.78 is 13.9. The van der Waals surface area contributed by atoms with Crippen LogP contribution in [0.2, 0.25) is 0 Å². The SMILES string of the molecule is NC(CCl)=Nc1cccc(F)c1N1CCC(O)C1. The molecule has 1 fully saturated rings. The standard InChI is InChI=1S/C12H15ClFN3O/c13-6-11(15)16-10-3-1-2-9(14)12(10)17-5-4-8(18)7-17/h1-3,8,18H,4-7H2,(H2,15,16). The third kappa shape index (κ3) is 2.73. The van der Waals surface area contributed by atoms with E-state index in [0.29, 0.717) is 30.9 Å². The van der Waals surface area contributed by atoms with E-state index in [1.54, 1.807) is 17.0 Å². The lowest BCUT2D eigenvalue weighted by Crippen LogP contribution is -2.22. The van der Waals surface area contributed by atoms with Gasteiger partial charge in [-0.15, -0.1) is 11.6 Å². The molecule has 1 saturated heterocycles. The summed E-state index contributed by atoms with van der Waals surface area (Å²) in [5.74, 6) is -0.0329. The highest BCUT2D eigenvalue weighted by atomic mass is 35.5. The number of halogens is 2. The number of amidine groups is 1. The molecule has 0 bridgehead atoms. The van der Waals surface area contributed by atoms with E-state index in [9.17, 15) is 9.50 Å². The summed E-state index contributed by atoms with van der Waals surface area (Å²) in [4.78, 5) is 5.89. The quantitative estimate of drug-likeness (QED) is 0.499. The molecule has 0 saturated carbocycles. The minimum Gasteiger partial charge on any atom is -0.391 e. The van der Waals surface area contributed by atoms with Gasteiger partial charge in [0.1, 0.15) is 11.7 Å². The van der Waals surface area contributed by atoms with Gasteiger partial charge in [-0.2, -0.15) is 0 Å². The minimum absolute atomic E-state index is 0.0958. The Hall–Kier alpha value is -1.33. The Labute approximate surface area is 110 Å². The van der Waals surface area contributed by atoms with Gasteiger partial charge < -0.3 is 15.7 Å². The van der Waals surface area contributed by atoms with Crippen LogP contribution in [0.25, 0.3) is 0 Å². The van der Waals surface area contributed by atoms with Crippen LogP contribution >= 0.6 is 11.6 Å². The summed E-state index contributed by atoms with van der Waals surface area (Å²) in [7, 11) is 0. The Morgan fingerprint density at radius 2 is 2.39 bits per heavy atom. The first-order valence-corrected chi connectivity index (χ1v) is 6.25. The van der Waals surface area contributed by atoms with Crippen molar-refractivity contribution in [1.82, 2.24) is 0 Å². The van der Waals surface area contributed by atoms with Gasteiger partial charge in [-0.25, -0.2) is 9.38 Å². The molecule has 0 amide bonds. The fourth-order valence-electron chi connectivity index (χ4n) is 2.04. The molecule has 18 heavy (non-hydrogen) atoms. The van der Waals surface area contributed by atoms with Gasteiger partial charge in [-0.05, 0) is 18.6 Å². The van der Waals surface area contributed by atoms with Crippen LogP contribution in [0, 0.1) is 5.82 Å². The number of rotatable bonds is 3. The van der Waals surface area contributed by atoms with Crippen LogP contribution < -0.4 is 10.6 Å². The van der Waals surface area contributed by atoms with Crippen molar-refractivity contribution in [1.29, 1.82) is 0 Å². The third-order valence-corrected chi connectivity index (χ3v) is 3.12. The molecule has 1 aliphatic heterocycles. The van der Waals surface area contributed by atoms with Crippen LogP contribution in [0.3, 0.4) is 0 Å². The first-order valence-electron chi connectivity index (χ1n) is 5.72. The van der Waals surface area contributed by atoms with Crippen LogP contribution in [0.1, 0.15) is 6.42 Å². The zero-order chi connectivity index (χ0) is 13.1. The Bertz CT molecular complexity index is 467. The largest absolute Gasteiger partial charge is 0.391 e. The van der Waals surface area contributed by atoms with Crippen molar-refractivity contribution >= 4 is 28.8 Å². The predicted molar refractivity (Wildman–Crippen MR) is 71.2 cm³/mol. The first-order chi connectivity index (χ1) is 8.61. The smallest absolute Gasteiger partial charge is 0.148 e. The number of aliphatic hydroxyl groups is 1. The van der Waals surface area contributed by atoms with E-state index in [1.165, 1.54) is 6.07 Å². The maximum Gasteiger partial charge on any atom is 0.148 e. The summed E-state index contributed by atoms with van der Waals surface area (Å²) in [6.07, 6.45) is 0.203. The fraction of sp³-hybridized carbons (Fsp3) is 0.417. The fourth-order valence-corrected chi connectivity index (χ4v) is 2.10. The molecule has 6 heteroatoms. The molecular formula is C12H15ClFN3O. The van der Waals surface area contributed by atoms with Crippen molar-refractivity contribution in [3.05, 3.63) is 24.0 Å². The zero-order valence-corrected chi connectivity index (χ0v) is 10.6. The van der Waals surface area contributed by atoms with Crippen LogP contribution in [-0.4, -0.2) is 36.0 Å². The Morgan fingerprint density at radius 1 is 1.61 bits per heavy atom. The number of aliphatic imine (C=N–C) groups is 1. The topological polar surface area (TPSA) is 61.8 Å². The van der Waals surface area contributed by atoms with E-state index in [4.69, 9.17) is 17.3 Å². The lowest BCUT2D eigenvalue weighted by Gasteiger charge is -2.20. The maximum absolute atomic E-state index is 13.9. The number of para-hydroxylation sites is 1. The van der Waals surface area contributed by atoms with E-state index in [1.807, 2.05) is 0 Å². The lowest BCUT2D eigenvalue weighted by molar-refractivity contribution is 0.198. The van der Waals surface area contributed by atoms with Crippen molar-refractivity contribution < 1.29 is 9.50 Å². The van der Waals surface area contributed by atoms with Crippen LogP contribution in [-0.2, 0) is 0 Å². The second kappa shape index (κ2) is 5.54. The molecule has 1 atom stereocenters. The highest BCUT2D eigenvalue weighted by Crippen LogP contribution is 2.33. The Morgan fingerprint density at radius 3 is 3.00 bits per heavy atom. The summed E-state index contributed by atoms with van der Waals surface area (Å²) >= 11 is 5.57. The van der Waals surface area contributed by atoms with Crippen LogP contribution in [0.4, 0.5) is 15.8 Å². The molecule has 0 aromatic heterocycles. The van der Waals surface area contributed by atoms with Crippen molar-refractivity contribution in [2.75, 3.05) is 23.9 Å². The Kier molecular flexibility index (Phi) is 4.04. The van der Waals surface area contributed by atoms with Gasteiger partial charge in [-0.3, -0.25) is 0 Å². The number of nitrogens with zero attached hydrogens (tertiary/aromatic N) is 2. The average Bonchev–Trinajstić information content (AvgIpc) is 2.75. The van der Waals surface area contributed by atoms with Gasteiger partial charge in [0.15, 0.2) is 0 Å². The number of β-amino-alcohol motifs (C(OH)–C–C–N with tert-alkyl or cyclic N) is 1. The molecule has 1 unspecified atom stereocenters. The van der Waals surface area contributed by atoms with Gasteiger partial charge >= 0.3 is 0 Å². The van der Waals surface area contributed by atoms with E-state index < -0.39 is 6.10 Å². The monoisotopic (exact) mass is 271 g/mol. The summed E-state index contributed by atoms with van der Waals surface area (Å²) in [5, 5.41) is 9.53. The minimum atomic E-state index is -0.424. The van der Waals surface area contributed by atoms with Gasteiger partial charge in [0.05, 0.1) is 23.4 Å². The zero-order valence-electron chi connectivity index (χ0n) is 9.81. The van der Waals surface area contributed by atoms with Crippen LogP contribution in [0.15, 0.2) is 23.2 Å². The van der Waals surface area contributed by atoms with Crippen molar-refractivity contribution in [2.45, 2.75) is 12.5 Å². The molecule has 2 rings (SSSR count). The van der Waals surface area contributed by atoms with Crippen molar-refractivity contribution in [3.63, 3.8) is 0 Å². The predicted octanol–water partition coefficient (Wildman–Crippen LogP) is 1.62. The molecular weight excluding hydrogens is 257 g/mol.